The molecule has 8 heteroatoms. The van der Waals surface area contributed by atoms with Crippen molar-refractivity contribution in [2.45, 2.75) is 62.0 Å². The average molecular weight is 436 g/mol. The molecule has 3 saturated heterocycles. The number of anilines is 1. The van der Waals surface area contributed by atoms with Gasteiger partial charge in [-0.2, -0.15) is 9.97 Å². The number of nitrogens with zero attached hydrogens (tertiary/aromatic N) is 5. The van der Waals surface area contributed by atoms with Crippen molar-refractivity contribution in [2.75, 3.05) is 64.5 Å². The molecule has 0 radical (unpaired) electrons. The van der Waals surface area contributed by atoms with E-state index in [1.165, 1.54) is 19.3 Å². The minimum atomic E-state index is 0.215. The van der Waals surface area contributed by atoms with Crippen LogP contribution in [0.1, 0.15) is 44.9 Å². The molecule has 0 atom stereocenters. The zero-order valence-corrected chi connectivity index (χ0v) is 19.6. The maximum Gasteiger partial charge on any atom is 0.236 e. The van der Waals surface area contributed by atoms with Crippen molar-refractivity contribution in [1.82, 2.24) is 19.8 Å². The lowest BCUT2D eigenvalue weighted by Gasteiger charge is -2.32. The molecule has 1 aromatic rings. The Morgan fingerprint density at radius 3 is 1.63 bits per heavy atom. The van der Waals surface area contributed by atoms with Crippen LogP contribution in [0, 0.1) is 0 Å². The smallest absolute Gasteiger partial charge is 0.236 e. The maximum atomic E-state index is 6.49. The molecule has 3 aliphatic heterocycles. The highest BCUT2D eigenvalue weighted by Crippen LogP contribution is 2.38. The molecule has 168 valence electrons. The number of thioether (sulfide) groups is 1. The molecule has 1 aromatic heterocycles. The van der Waals surface area contributed by atoms with E-state index in [0.717, 1.165) is 87.6 Å². The van der Waals surface area contributed by atoms with Crippen molar-refractivity contribution in [2.24, 2.45) is 0 Å². The third kappa shape index (κ3) is 5.51. The monoisotopic (exact) mass is 435 g/mol. The molecule has 0 amide bonds. The van der Waals surface area contributed by atoms with E-state index in [2.05, 4.69) is 35.1 Å². The van der Waals surface area contributed by atoms with Gasteiger partial charge in [-0.25, -0.2) is 0 Å². The fourth-order valence-corrected chi connectivity index (χ4v) is 5.03. The maximum absolute atomic E-state index is 6.49. The summed E-state index contributed by atoms with van der Waals surface area (Å²) in [6.07, 6.45) is 10.3. The van der Waals surface area contributed by atoms with Gasteiger partial charge in [0, 0.05) is 39.3 Å². The van der Waals surface area contributed by atoms with E-state index < -0.39 is 0 Å². The molecule has 0 saturated carbocycles. The van der Waals surface area contributed by atoms with Crippen LogP contribution < -0.4 is 14.4 Å². The summed E-state index contributed by atoms with van der Waals surface area (Å²) in [5.41, 5.74) is 0. The summed E-state index contributed by atoms with van der Waals surface area (Å²) in [4.78, 5) is 17.8. The first-order chi connectivity index (χ1) is 14.6. The SMILES string of the molecule is CSc1c(OC2CCN(C)CC2)nc(N2CCCCC2)nc1OC1CCN(C)CC1. The predicted octanol–water partition coefficient (Wildman–Crippen LogP) is 3.13. The van der Waals surface area contributed by atoms with Crippen molar-refractivity contribution >= 4 is 17.7 Å². The Kier molecular flexibility index (Phi) is 7.59. The molecule has 0 spiro atoms. The summed E-state index contributed by atoms with van der Waals surface area (Å²) in [5.74, 6) is 2.21. The normalized spacial score (nSPS) is 23.0. The number of ether oxygens (including phenoxy) is 2. The molecule has 3 aliphatic rings. The molecular weight excluding hydrogens is 398 g/mol. The van der Waals surface area contributed by atoms with Crippen LogP contribution in [0.25, 0.3) is 0 Å². The Morgan fingerprint density at radius 2 is 1.20 bits per heavy atom. The van der Waals surface area contributed by atoms with Gasteiger partial charge in [-0.3, -0.25) is 0 Å². The highest BCUT2D eigenvalue weighted by molar-refractivity contribution is 7.98. The quantitative estimate of drug-likeness (QED) is 0.632. The van der Waals surface area contributed by atoms with E-state index in [4.69, 9.17) is 19.4 Å². The molecular formula is C22H37N5O2S. The molecule has 0 unspecified atom stereocenters. The molecule has 0 aromatic carbocycles. The number of rotatable bonds is 6. The van der Waals surface area contributed by atoms with Gasteiger partial charge in [0.25, 0.3) is 0 Å². The van der Waals surface area contributed by atoms with Crippen LogP contribution in [0.4, 0.5) is 5.95 Å². The third-order valence-corrected chi connectivity index (χ3v) is 7.28. The lowest BCUT2D eigenvalue weighted by molar-refractivity contribution is 0.0961. The standard InChI is InChI=1S/C22H37N5O2S/c1-25-13-7-17(8-14-25)28-20-19(30-3)21(29-18-9-15-26(2)16-10-18)24-22(23-20)27-11-5-4-6-12-27/h17-18H,4-16H2,1-3H3. The first-order valence-electron chi connectivity index (χ1n) is 11.5. The van der Waals surface area contributed by atoms with Gasteiger partial charge in [-0.05, 0) is 65.3 Å². The lowest BCUT2D eigenvalue weighted by Crippen LogP contribution is -2.37. The fourth-order valence-electron chi connectivity index (χ4n) is 4.49. The van der Waals surface area contributed by atoms with Gasteiger partial charge >= 0.3 is 0 Å². The highest BCUT2D eigenvalue weighted by Gasteiger charge is 2.27. The van der Waals surface area contributed by atoms with Crippen LogP contribution in [0.3, 0.4) is 0 Å². The minimum Gasteiger partial charge on any atom is -0.473 e. The summed E-state index contributed by atoms with van der Waals surface area (Å²) in [7, 11) is 4.35. The number of aromatic nitrogens is 2. The summed E-state index contributed by atoms with van der Waals surface area (Å²) < 4.78 is 13.0. The Balaban J connectivity index is 1.58. The minimum absolute atomic E-state index is 0.215. The van der Waals surface area contributed by atoms with Crippen LogP contribution in [0.15, 0.2) is 4.90 Å². The zero-order chi connectivity index (χ0) is 20.9. The van der Waals surface area contributed by atoms with Crippen LogP contribution >= 0.6 is 11.8 Å². The number of likely N-dealkylation sites (tertiary alicyclic amines) is 2. The van der Waals surface area contributed by atoms with Gasteiger partial charge in [0.1, 0.15) is 17.1 Å². The second-order valence-electron chi connectivity index (χ2n) is 8.96. The van der Waals surface area contributed by atoms with Crippen LogP contribution in [0.2, 0.25) is 0 Å². The lowest BCUT2D eigenvalue weighted by atomic mass is 10.1. The van der Waals surface area contributed by atoms with E-state index in [1.807, 2.05) is 0 Å². The molecule has 4 heterocycles. The number of hydrogen-bond acceptors (Lipinski definition) is 8. The van der Waals surface area contributed by atoms with Crippen LogP contribution in [-0.2, 0) is 0 Å². The van der Waals surface area contributed by atoms with Crippen LogP contribution in [-0.4, -0.2) is 91.6 Å². The molecule has 0 N–H and O–H groups in total. The Hall–Kier alpha value is -1.25. The van der Waals surface area contributed by atoms with Gasteiger partial charge in [0.15, 0.2) is 0 Å². The molecule has 4 rings (SSSR count). The topological polar surface area (TPSA) is 54.0 Å². The van der Waals surface area contributed by atoms with E-state index in [9.17, 15) is 0 Å². The van der Waals surface area contributed by atoms with E-state index in [1.54, 1.807) is 11.8 Å². The first-order valence-corrected chi connectivity index (χ1v) is 12.8. The van der Waals surface area contributed by atoms with Gasteiger partial charge in [0.2, 0.25) is 17.7 Å². The second-order valence-corrected chi connectivity index (χ2v) is 9.77. The predicted molar refractivity (Wildman–Crippen MR) is 122 cm³/mol. The molecule has 7 nitrogen and oxygen atoms in total. The van der Waals surface area contributed by atoms with Crippen molar-refractivity contribution < 1.29 is 9.47 Å². The molecule has 0 aliphatic carbocycles. The van der Waals surface area contributed by atoms with Gasteiger partial charge in [0.05, 0.1) is 0 Å². The Labute approximate surface area is 185 Å². The summed E-state index contributed by atoms with van der Waals surface area (Å²) in [6, 6.07) is 0. The van der Waals surface area contributed by atoms with Crippen molar-refractivity contribution in [3.8, 4) is 11.8 Å². The van der Waals surface area contributed by atoms with Gasteiger partial charge in [-0.15, -0.1) is 11.8 Å². The second kappa shape index (κ2) is 10.4. The van der Waals surface area contributed by atoms with E-state index >= 15 is 0 Å². The fraction of sp³-hybridized carbons (Fsp3) is 0.818. The summed E-state index contributed by atoms with van der Waals surface area (Å²) in [6.45, 7) is 6.31. The van der Waals surface area contributed by atoms with E-state index in [-0.39, 0.29) is 12.2 Å². The average Bonchev–Trinajstić information content (AvgIpc) is 2.77. The zero-order valence-electron chi connectivity index (χ0n) is 18.8. The summed E-state index contributed by atoms with van der Waals surface area (Å²) >= 11 is 1.64. The first kappa shape index (κ1) is 22.0. The van der Waals surface area contributed by atoms with Gasteiger partial charge in [-0.1, -0.05) is 0 Å². The Morgan fingerprint density at radius 1 is 0.733 bits per heavy atom. The van der Waals surface area contributed by atoms with Gasteiger partial charge < -0.3 is 24.2 Å². The van der Waals surface area contributed by atoms with Crippen molar-refractivity contribution in [3.63, 3.8) is 0 Å². The third-order valence-electron chi connectivity index (χ3n) is 6.52. The summed E-state index contributed by atoms with van der Waals surface area (Å²) in [5, 5.41) is 0. The molecule has 30 heavy (non-hydrogen) atoms. The molecule has 0 bridgehead atoms. The largest absolute Gasteiger partial charge is 0.473 e. The van der Waals surface area contributed by atoms with Crippen LogP contribution in [0.5, 0.6) is 11.8 Å². The number of hydrogen-bond donors (Lipinski definition) is 0. The van der Waals surface area contributed by atoms with Crippen molar-refractivity contribution in [3.05, 3.63) is 0 Å². The number of piperidine rings is 3. The molecule has 3 fully saturated rings. The highest BCUT2D eigenvalue weighted by atomic mass is 32.2. The van der Waals surface area contributed by atoms with E-state index in [0.29, 0.717) is 0 Å². The Bertz CT molecular complexity index is 639. The van der Waals surface area contributed by atoms with Crippen molar-refractivity contribution in [1.29, 1.82) is 0 Å².